The van der Waals surface area contributed by atoms with Gasteiger partial charge in [-0.3, -0.25) is 4.79 Å². The molecule has 6 heteroatoms. The van der Waals surface area contributed by atoms with Crippen molar-refractivity contribution in [3.05, 3.63) is 35.7 Å². The molecule has 1 aromatic heterocycles. The first-order valence-corrected chi connectivity index (χ1v) is 6.12. The Kier molecular flexibility index (Phi) is 5.27. The number of halogens is 1. The lowest BCUT2D eigenvalue weighted by atomic mass is 10.2. The van der Waals surface area contributed by atoms with Crippen LogP contribution in [0.3, 0.4) is 0 Å². The van der Waals surface area contributed by atoms with E-state index in [0.717, 1.165) is 11.3 Å². The van der Waals surface area contributed by atoms with E-state index in [9.17, 15) is 4.79 Å². The molecule has 1 heterocycles. The van der Waals surface area contributed by atoms with E-state index in [1.807, 2.05) is 35.7 Å². The van der Waals surface area contributed by atoms with Gasteiger partial charge < -0.3 is 11.1 Å². The van der Waals surface area contributed by atoms with E-state index >= 15 is 0 Å². The van der Waals surface area contributed by atoms with Crippen LogP contribution in [0.15, 0.2) is 35.7 Å². The van der Waals surface area contributed by atoms with Gasteiger partial charge in [0.25, 0.3) is 0 Å². The van der Waals surface area contributed by atoms with Gasteiger partial charge in [-0.1, -0.05) is 30.3 Å². The van der Waals surface area contributed by atoms with Crippen LogP contribution >= 0.6 is 23.7 Å². The Morgan fingerprint density at radius 1 is 1.39 bits per heavy atom. The fraction of sp³-hybridized carbons (Fsp3) is 0.167. The van der Waals surface area contributed by atoms with Crippen LogP contribution in [-0.4, -0.2) is 16.9 Å². The van der Waals surface area contributed by atoms with E-state index in [2.05, 4.69) is 10.3 Å². The molecule has 18 heavy (non-hydrogen) atoms. The number of carbonyl (C=O) groups is 1. The molecule has 1 atom stereocenters. The fourth-order valence-corrected chi connectivity index (χ4v) is 2.01. The summed E-state index contributed by atoms with van der Waals surface area (Å²) in [6.07, 6.45) is 0. The minimum atomic E-state index is -0.529. The second-order valence-corrected chi connectivity index (χ2v) is 4.54. The number of nitrogens with two attached hydrogens (primary N) is 1. The maximum Gasteiger partial charge on any atom is 0.242 e. The Labute approximate surface area is 116 Å². The minimum absolute atomic E-state index is 0. The summed E-state index contributed by atoms with van der Waals surface area (Å²) >= 11 is 1.39. The first-order valence-electron chi connectivity index (χ1n) is 5.24. The zero-order valence-corrected chi connectivity index (χ0v) is 11.4. The number of aromatic nitrogens is 1. The molecule has 4 nitrogen and oxygen atoms in total. The van der Waals surface area contributed by atoms with Crippen LogP contribution in [0, 0.1) is 0 Å². The molecule has 0 fully saturated rings. The molecule has 0 saturated heterocycles. The standard InChI is InChI=1S/C12H13N3OS.ClH/c1-8(13)11(16)15-12-14-10(7-17-12)9-5-3-2-4-6-9;/h2-8H,13H2,1H3,(H,14,15,16);1H. The molecule has 0 spiro atoms. The molecule has 0 aliphatic heterocycles. The van der Waals surface area contributed by atoms with E-state index in [1.165, 1.54) is 11.3 Å². The highest BCUT2D eigenvalue weighted by molar-refractivity contribution is 7.14. The summed E-state index contributed by atoms with van der Waals surface area (Å²) in [5.41, 5.74) is 7.36. The number of rotatable bonds is 3. The molecule has 2 rings (SSSR count). The quantitative estimate of drug-likeness (QED) is 0.909. The number of carbonyl (C=O) groups excluding carboxylic acids is 1. The Morgan fingerprint density at radius 2 is 2.06 bits per heavy atom. The number of nitrogens with one attached hydrogen (secondary N) is 1. The van der Waals surface area contributed by atoms with E-state index < -0.39 is 6.04 Å². The molecule has 0 radical (unpaired) electrons. The van der Waals surface area contributed by atoms with E-state index in [1.54, 1.807) is 6.92 Å². The third-order valence-electron chi connectivity index (χ3n) is 2.22. The highest BCUT2D eigenvalue weighted by Gasteiger charge is 2.10. The topological polar surface area (TPSA) is 68.0 Å². The summed E-state index contributed by atoms with van der Waals surface area (Å²) in [6, 6.07) is 9.29. The summed E-state index contributed by atoms with van der Waals surface area (Å²) < 4.78 is 0. The van der Waals surface area contributed by atoms with Crippen LogP contribution in [0.5, 0.6) is 0 Å². The molecule has 0 saturated carbocycles. The lowest BCUT2D eigenvalue weighted by Gasteiger charge is -2.03. The number of thiazole rings is 1. The molecule has 96 valence electrons. The number of benzene rings is 1. The number of hydrogen-bond acceptors (Lipinski definition) is 4. The highest BCUT2D eigenvalue weighted by atomic mass is 35.5. The smallest absolute Gasteiger partial charge is 0.242 e. The Bertz CT molecular complexity index is 513. The average Bonchev–Trinajstić information content (AvgIpc) is 2.78. The Balaban J connectivity index is 0.00000162. The number of hydrogen-bond donors (Lipinski definition) is 2. The van der Waals surface area contributed by atoms with Gasteiger partial charge in [0.1, 0.15) is 0 Å². The van der Waals surface area contributed by atoms with Crippen molar-refractivity contribution in [1.82, 2.24) is 4.98 Å². The van der Waals surface area contributed by atoms with Gasteiger partial charge in [-0.2, -0.15) is 0 Å². The van der Waals surface area contributed by atoms with Gasteiger partial charge >= 0.3 is 0 Å². The molecule has 1 unspecified atom stereocenters. The van der Waals surface area contributed by atoms with Gasteiger partial charge in [0, 0.05) is 10.9 Å². The average molecular weight is 284 g/mol. The molecule has 2 aromatic rings. The van der Waals surface area contributed by atoms with Gasteiger partial charge in [0.15, 0.2) is 5.13 Å². The first kappa shape index (κ1) is 14.6. The monoisotopic (exact) mass is 283 g/mol. The molecular formula is C12H14ClN3OS. The van der Waals surface area contributed by atoms with Crippen LogP contribution in [-0.2, 0) is 4.79 Å². The van der Waals surface area contributed by atoms with Gasteiger partial charge in [-0.05, 0) is 6.92 Å². The van der Waals surface area contributed by atoms with Crippen molar-refractivity contribution in [2.24, 2.45) is 5.73 Å². The Morgan fingerprint density at radius 3 is 2.67 bits per heavy atom. The normalized spacial score (nSPS) is 11.4. The van der Waals surface area contributed by atoms with Crippen LogP contribution < -0.4 is 11.1 Å². The molecule has 1 aromatic carbocycles. The fourth-order valence-electron chi connectivity index (χ4n) is 1.29. The highest BCUT2D eigenvalue weighted by Crippen LogP contribution is 2.24. The minimum Gasteiger partial charge on any atom is -0.320 e. The molecule has 0 aliphatic rings. The second-order valence-electron chi connectivity index (χ2n) is 3.68. The van der Waals surface area contributed by atoms with E-state index in [-0.39, 0.29) is 18.3 Å². The first-order chi connectivity index (χ1) is 8.16. The van der Waals surface area contributed by atoms with Crippen LogP contribution in [0.4, 0.5) is 5.13 Å². The van der Waals surface area contributed by atoms with Crippen LogP contribution in [0.2, 0.25) is 0 Å². The van der Waals surface area contributed by atoms with Crippen molar-refractivity contribution in [1.29, 1.82) is 0 Å². The SMILES string of the molecule is CC(N)C(=O)Nc1nc(-c2ccccc2)cs1.Cl. The van der Waals surface area contributed by atoms with Crippen LogP contribution in [0.1, 0.15) is 6.92 Å². The predicted molar refractivity (Wildman–Crippen MR) is 77.1 cm³/mol. The number of anilines is 1. The zero-order valence-electron chi connectivity index (χ0n) is 9.79. The Hall–Kier alpha value is -1.43. The van der Waals surface area contributed by atoms with Crippen molar-refractivity contribution >= 4 is 34.8 Å². The summed E-state index contributed by atoms with van der Waals surface area (Å²) in [5, 5.41) is 5.16. The largest absolute Gasteiger partial charge is 0.320 e. The van der Waals surface area contributed by atoms with E-state index in [0.29, 0.717) is 5.13 Å². The van der Waals surface area contributed by atoms with Crippen molar-refractivity contribution in [2.45, 2.75) is 13.0 Å². The maximum atomic E-state index is 11.4. The molecule has 0 bridgehead atoms. The molecule has 3 N–H and O–H groups in total. The lowest BCUT2D eigenvalue weighted by molar-refractivity contribution is -0.117. The van der Waals surface area contributed by atoms with Gasteiger partial charge in [0.05, 0.1) is 11.7 Å². The van der Waals surface area contributed by atoms with E-state index in [4.69, 9.17) is 5.73 Å². The van der Waals surface area contributed by atoms with Gasteiger partial charge in [-0.15, -0.1) is 23.7 Å². The van der Waals surface area contributed by atoms with Crippen molar-refractivity contribution in [2.75, 3.05) is 5.32 Å². The summed E-state index contributed by atoms with van der Waals surface area (Å²) in [5.74, 6) is -0.223. The van der Waals surface area contributed by atoms with Crippen molar-refractivity contribution < 1.29 is 4.79 Å². The predicted octanol–water partition coefficient (Wildman–Crippen LogP) is 2.52. The number of amides is 1. The molecule has 1 amide bonds. The van der Waals surface area contributed by atoms with Crippen LogP contribution in [0.25, 0.3) is 11.3 Å². The molecular weight excluding hydrogens is 270 g/mol. The second kappa shape index (κ2) is 6.49. The summed E-state index contributed by atoms with van der Waals surface area (Å²) in [6.45, 7) is 1.64. The maximum absolute atomic E-state index is 11.4. The summed E-state index contributed by atoms with van der Waals surface area (Å²) in [7, 11) is 0. The number of nitrogens with zero attached hydrogens (tertiary/aromatic N) is 1. The third-order valence-corrected chi connectivity index (χ3v) is 2.98. The summed E-state index contributed by atoms with van der Waals surface area (Å²) in [4.78, 5) is 15.7. The van der Waals surface area contributed by atoms with Crippen molar-refractivity contribution in [3.8, 4) is 11.3 Å². The zero-order chi connectivity index (χ0) is 12.3. The third kappa shape index (κ3) is 3.53. The molecule has 0 aliphatic carbocycles. The van der Waals surface area contributed by atoms with Gasteiger partial charge in [-0.25, -0.2) is 4.98 Å². The van der Waals surface area contributed by atoms with Crippen molar-refractivity contribution in [3.63, 3.8) is 0 Å². The van der Waals surface area contributed by atoms with Gasteiger partial charge in [0.2, 0.25) is 5.91 Å². The lowest BCUT2D eigenvalue weighted by Crippen LogP contribution is -2.32.